The molecule has 0 amide bonds. The summed E-state index contributed by atoms with van der Waals surface area (Å²) in [6, 6.07) is -0.120. The van der Waals surface area contributed by atoms with Crippen LogP contribution in [0, 0.1) is 40.4 Å². The fourth-order valence-electron chi connectivity index (χ4n) is 10.7. The lowest BCUT2D eigenvalue weighted by Gasteiger charge is -2.69. The van der Waals surface area contributed by atoms with Gasteiger partial charge < -0.3 is 34.6 Å². The first-order valence-electron chi connectivity index (χ1n) is 12.3. The fourth-order valence-corrected chi connectivity index (χ4v) is 10.7. The number of nitrogens with zero attached hydrogens (tertiary/aromatic N) is 1. The lowest BCUT2D eigenvalue weighted by Crippen LogP contribution is -2.78. The third-order valence-corrected chi connectivity index (χ3v) is 11.2. The molecule has 8 heteroatoms. The number of likely N-dealkylation sites (tertiary alicyclic amines) is 1. The normalized spacial score (nSPS) is 62.4. The third-order valence-electron chi connectivity index (χ3n) is 11.2. The number of rotatable bonds is 5. The van der Waals surface area contributed by atoms with Gasteiger partial charge in [-0.2, -0.15) is 0 Å². The number of hydrogen-bond donors (Lipinski definition) is 4. The summed E-state index contributed by atoms with van der Waals surface area (Å²) in [6.45, 7) is 4.33. The summed E-state index contributed by atoms with van der Waals surface area (Å²) < 4.78 is 17.7. The standard InChI is InChI=1S/C24H39NO7/c1-5-25-9-22(10-30-2)7-6-13(26)23-12-8-11-16(27)14(12)24(29,21(28)17(11)31-3)15(20(23)25)18(32-4)19(22)23/h11-21,26-29H,5-10H2,1-4H3/t11-,12-,13+,14-,15+,16+,17-,18+,19-,20-,21+,22+,23+,24-/m1/s1. The number of fused-ring (bicyclic) bond motifs is 2. The van der Waals surface area contributed by atoms with Crippen LogP contribution < -0.4 is 0 Å². The first-order chi connectivity index (χ1) is 15.3. The average molecular weight is 454 g/mol. The molecule has 6 aliphatic rings. The van der Waals surface area contributed by atoms with Crippen LogP contribution in [0.2, 0.25) is 0 Å². The summed E-state index contributed by atoms with van der Waals surface area (Å²) in [5.74, 6) is -1.29. The maximum atomic E-state index is 12.5. The molecule has 1 heterocycles. The quantitative estimate of drug-likeness (QED) is 0.440. The van der Waals surface area contributed by atoms with Crippen molar-refractivity contribution in [2.75, 3.05) is 41.0 Å². The van der Waals surface area contributed by atoms with E-state index in [1.54, 1.807) is 21.3 Å². The van der Waals surface area contributed by atoms with Crippen molar-refractivity contribution >= 4 is 0 Å². The number of hydrogen-bond acceptors (Lipinski definition) is 8. The van der Waals surface area contributed by atoms with Gasteiger partial charge in [0, 0.05) is 68.4 Å². The third kappa shape index (κ3) is 2.07. The van der Waals surface area contributed by atoms with Gasteiger partial charge in [-0.3, -0.25) is 4.90 Å². The molecule has 32 heavy (non-hydrogen) atoms. The SMILES string of the molecule is CCN1C[C@]2(COC)CC[C@H](O)[C@@]34[C@@H]5C[C@@H]6[C@H](O)[C@@H]5[C@@](O)([C@@H]([C@H](OC)[C@H]23)[C@@H]14)[C@@H](O)[C@@H]6OC. The number of aliphatic hydroxyl groups excluding tert-OH is 3. The van der Waals surface area contributed by atoms with E-state index >= 15 is 0 Å². The van der Waals surface area contributed by atoms with Gasteiger partial charge in [0.15, 0.2) is 0 Å². The van der Waals surface area contributed by atoms with Crippen LogP contribution in [0.4, 0.5) is 0 Å². The highest BCUT2D eigenvalue weighted by atomic mass is 16.5. The highest BCUT2D eigenvalue weighted by molar-refractivity contribution is 5.36. The molecular formula is C24H39NO7. The molecule has 0 aromatic heterocycles. The van der Waals surface area contributed by atoms with Crippen molar-refractivity contribution in [2.45, 2.75) is 68.3 Å². The van der Waals surface area contributed by atoms with Crippen LogP contribution >= 0.6 is 0 Å². The van der Waals surface area contributed by atoms with E-state index in [4.69, 9.17) is 14.2 Å². The number of ether oxygens (including phenoxy) is 3. The van der Waals surface area contributed by atoms with Crippen molar-refractivity contribution in [3.63, 3.8) is 0 Å². The van der Waals surface area contributed by atoms with Crippen LogP contribution in [0.15, 0.2) is 0 Å². The Labute approximate surface area is 189 Å². The topological polar surface area (TPSA) is 112 Å². The minimum atomic E-state index is -1.54. The molecule has 6 fully saturated rings. The Bertz CT molecular complexity index is 783. The summed E-state index contributed by atoms with van der Waals surface area (Å²) in [6.07, 6.45) is -1.22. The van der Waals surface area contributed by atoms with Crippen molar-refractivity contribution in [3.05, 3.63) is 0 Å². The van der Waals surface area contributed by atoms with E-state index in [1.807, 2.05) is 0 Å². The molecule has 1 saturated heterocycles. The molecule has 6 rings (SSSR count). The van der Waals surface area contributed by atoms with Crippen molar-refractivity contribution in [1.29, 1.82) is 0 Å². The monoisotopic (exact) mass is 453 g/mol. The van der Waals surface area contributed by atoms with Crippen LogP contribution in [0.5, 0.6) is 0 Å². The van der Waals surface area contributed by atoms with Crippen molar-refractivity contribution in [2.24, 2.45) is 40.4 Å². The molecule has 8 nitrogen and oxygen atoms in total. The summed E-state index contributed by atoms with van der Waals surface area (Å²) in [4.78, 5) is 2.42. The molecule has 7 bridgehead atoms. The zero-order chi connectivity index (χ0) is 22.8. The van der Waals surface area contributed by atoms with Gasteiger partial charge in [-0.25, -0.2) is 0 Å². The van der Waals surface area contributed by atoms with Crippen molar-refractivity contribution in [1.82, 2.24) is 4.90 Å². The maximum absolute atomic E-state index is 12.5. The van der Waals surface area contributed by atoms with Gasteiger partial charge in [0.05, 0.1) is 31.0 Å². The molecule has 4 N–H and O–H groups in total. The molecule has 1 aliphatic heterocycles. The highest BCUT2D eigenvalue weighted by Gasteiger charge is 2.87. The largest absolute Gasteiger partial charge is 0.392 e. The van der Waals surface area contributed by atoms with Crippen LogP contribution in [0.3, 0.4) is 0 Å². The zero-order valence-corrected chi connectivity index (χ0v) is 19.6. The highest BCUT2D eigenvalue weighted by Crippen LogP contribution is 2.79. The molecule has 5 saturated carbocycles. The smallest absolute Gasteiger partial charge is 0.110 e. The number of methoxy groups -OCH3 is 3. The Hall–Kier alpha value is -0.320. The fraction of sp³-hybridized carbons (Fsp3) is 1.00. The molecule has 0 aromatic rings. The minimum Gasteiger partial charge on any atom is -0.392 e. The van der Waals surface area contributed by atoms with Gasteiger partial charge in [-0.05, 0) is 31.7 Å². The molecular weight excluding hydrogens is 414 g/mol. The summed E-state index contributed by atoms with van der Waals surface area (Å²) >= 11 is 0. The zero-order valence-electron chi connectivity index (χ0n) is 19.6. The Morgan fingerprint density at radius 3 is 2.38 bits per heavy atom. The Kier molecular flexibility index (Phi) is 4.76. The Balaban J connectivity index is 1.64. The maximum Gasteiger partial charge on any atom is 0.110 e. The van der Waals surface area contributed by atoms with E-state index < -0.39 is 47.3 Å². The van der Waals surface area contributed by atoms with Crippen LogP contribution in [-0.4, -0.2) is 109 Å². The van der Waals surface area contributed by atoms with Crippen LogP contribution in [0.1, 0.15) is 26.2 Å². The second-order valence-corrected chi connectivity index (χ2v) is 11.6. The van der Waals surface area contributed by atoms with Crippen LogP contribution in [-0.2, 0) is 14.2 Å². The Morgan fingerprint density at radius 1 is 1.03 bits per heavy atom. The van der Waals surface area contributed by atoms with E-state index in [2.05, 4.69) is 11.8 Å². The van der Waals surface area contributed by atoms with Crippen LogP contribution in [0.25, 0.3) is 0 Å². The van der Waals surface area contributed by atoms with Gasteiger partial charge in [-0.1, -0.05) is 6.92 Å². The van der Waals surface area contributed by atoms with E-state index in [0.717, 1.165) is 19.5 Å². The van der Waals surface area contributed by atoms with Gasteiger partial charge in [0.1, 0.15) is 11.7 Å². The minimum absolute atomic E-state index is 0.000250. The van der Waals surface area contributed by atoms with E-state index in [1.165, 1.54) is 0 Å². The molecule has 5 aliphatic carbocycles. The first kappa shape index (κ1) is 22.2. The number of aliphatic hydroxyl groups is 4. The van der Waals surface area contributed by atoms with Gasteiger partial charge in [0.2, 0.25) is 0 Å². The van der Waals surface area contributed by atoms with Gasteiger partial charge >= 0.3 is 0 Å². The van der Waals surface area contributed by atoms with Gasteiger partial charge in [-0.15, -0.1) is 0 Å². The molecule has 0 radical (unpaired) electrons. The predicted octanol–water partition coefficient (Wildman–Crippen LogP) is -0.527. The Morgan fingerprint density at radius 2 is 1.75 bits per heavy atom. The number of piperidine rings is 1. The molecule has 1 spiro atoms. The first-order valence-corrected chi connectivity index (χ1v) is 12.3. The molecule has 14 atom stereocenters. The predicted molar refractivity (Wildman–Crippen MR) is 114 cm³/mol. The van der Waals surface area contributed by atoms with Crippen molar-refractivity contribution in [3.8, 4) is 0 Å². The summed E-state index contributed by atoms with van der Waals surface area (Å²) in [7, 11) is 4.98. The molecule has 182 valence electrons. The van der Waals surface area contributed by atoms with E-state index in [-0.39, 0.29) is 35.3 Å². The van der Waals surface area contributed by atoms with E-state index in [9.17, 15) is 20.4 Å². The lowest BCUT2D eigenvalue weighted by molar-refractivity contribution is -0.297. The second-order valence-electron chi connectivity index (χ2n) is 11.6. The summed E-state index contributed by atoms with van der Waals surface area (Å²) in [5.41, 5.74) is -2.24. The average Bonchev–Trinajstić information content (AvgIpc) is 3.19. The second kappa shape index (κ2) is 6.88. The lowest BCUT2D eigenvalue weighted by atomic mass is 9.43. The van der Waals surface area contributed by atoms with E-state index in [0.29, 0.717) is 19.4 Å². The van der Waals surface area contributed by atoms with Gasteiger partial charge in [0.25, 0.3) is 0 Å². The summed E-state index contributed by atoms with van der Waals surface area (Å²) in [5, 5.41) is 47.3. The molecule has 0 aromatic carbocycles. The van der Waals surface area contributed by atoms with Crippen molar-refractivity contribution < 1.29 is 34.6 Å². The molecule has 0 unspecified atom stereocenters.